The van der Waals surface area contributed by atoms with E-state index < -0.39 is 0 Å². The highest BCUT2D eigenvalue weighted by Gasteiger charge is 2.02. The number of unbranched alkanes of at least 4 members (excludes halogenated alkanes) is 1. The van der Waals surface area contributed by atoms with Gasteiger partial charge in [0, 0.05) is 6.42 Å². The predicted octanol–water partition coefficient (Wildman–Crippen LogP) is 3.91. The summed E-state index contributed by atoms with van der Waals surface area (Å²) in [5.41, 5.74) is 2.61. The van der Waals surface area contributed by atoms with Crippen LogP contribution in [0.1, 0.15) is 30.4 Å². The molecule has 0 aliphatic heterocycles. The fourth-order valence-electron chi connectivity index (χ4n) is 2.49. The Kier molecular flexibility index (Phi) is 7.83. The number of carbonyl (C=O) groups excluding carboxylic acids is 1. The molecule has 0 saturated heterocycles. The Hall–Kier alpha value is -2.49. The molecule has 0 saturated carbocycles. The third kappa shape index (κ3) is 7.29. The van der Waals surface area contributed by atoms with Crippen LogP contribution < -0.4 is 14.8 Å². The lowest BCUT2D eigenvalue weighted by molar-refractivity contribution is -0.121. The van der Waals surface area contributed by atoms with Crippen LogP contribution >= 0.6 is 0 Å². The second-order valence-electron chi connectivity index (χ2n) is 6.07. The van der Waals surface area contributed by atoms with Gasteiger partial charge in [-0.05, 0) is 56.0 Å². The number of nitrogens with one attached hydrogen (secondary N) is 1. The number of hydrogen-bond donors (Lipinski definition) is 1. The van der Waals surface area contributed by atoms with Gasteiger partial charge in [-0.2, -0.15) is 0 Å². The minimum atomic E-state index is 0.0854. The van der Waals surface area contributed by atoms with Crippen molar-refractivity contribution in [3.05, 3.63) is 59.7 Å². The average Bonchev–Trinajstić information content (AvgIpc) is 2.64. The molecule has 1 N–H and O–H groups in total. The van der Waals surface area contributed by atoms with Crippen LogP contribution in [0.3, 0.4) is 0 Å². The van der Waals surface area contributed by atoms with Crippen molar-refractivity contribution in [1.29, 1.82) is 0 Å². The fourth-order valence-corrected chi connectivity index (χ4v) is 2.49. The number of hydrogen-bond acceptors (Lipinski definition) is 3. The number of rotatable bonds is 10. The Morgan fingerprint density at radius 3 is 2.32 bits per heavy atom. The minimum Gasteiger partial charge on any atom is -0.497 e. The molecule has 0 aliphatic carbocycles. The quantitative estimate of drug-likeness (QED) is 0.667. The van der Waals surface area contributed by atoms with Gasteiger partial charge in [-0.1, -0.05) is 29.8 Å². The van der Waals surface area contributed by atoms with E-state index in [0.29, 0.717) is 19.6 Å². The van der Waals surface area contributed by atoms with Gasteiger partial charge in [-0.15, -0.1) is 0 Å². The van der Waals surface area contributed by atoms with Gasteiger partial charge in [0.1, 0.15) is 18.1 Å². The number of methoxy groups -OCH3 is 1. The van der Waals surface area contributed by atoms with Gasteiger partial charge in [-0.3, -0.25) is 4.79 Å². The lowest BCUT2D eigenvalue weighted by atomic mass is 10.1. The Bertz CT molecular complexity index is 635. The molecule has 0 bridgehead atoms. The summed E-state index contributed by atoms with van der Waals surface area (Å²) >= 11 is 0. The molecule has 2 rings (SSSR count). The SMILES string of the molecule is COc1ccc(OCCNC(=O)CCCCc2ccc(C)cc2)cc1. The van der Waals surface area contributed by atoms with E-state index in [1.54, 1.807) is 7.11 Å². The van der Waals surface area contributed by atoms with Gasteiger partial charge in [0.05, 0.1) is 13.7 Å². The highest BCUT2D eigenvalue weighted by atomic mass is 16.5. The molecule has 4 heteroatoms. The molecule has 25 heavy (non-hydrogen) atoms. The van der Waals surface area contributed by atoms with Gasteiger partial charge < -0.3 is 14.8 Å². The Morgan fingerprint density at radius 2 is 1.64 bits per heavy atom. The maximum atomic E-state index is 11.8. The van der Waals surface area contributed by atoms with Crippen molar-refractivity contribution >= 4 is 5.91 Å². The first kappa shape index (κ1) is 18.8. The summed E-state index contributed by atoms with van der Waals surface area (Å²) in [6, 6.07) is 16.0. The van der Waals surface area contributed by atoms with E-state index in [-0.39, 0.29) is 5.91 Å². The summed E-state index contributed by atoms with van der Waals surface area (Å²) in [5.74, 6) is 1.65. The first-order valence-corrected chi connectivity index (χ1v) is 8.76. The van der Waals surface area contributed by atoms with Crippen molar-refractivity contribution in [1.82, 2.24) is 5.32 Å². The van der Waals surface area contributed by atoms with Crippen molar-refractivity contribution in [3.63, 3.8) is 0 Å². The first-order valence-electron chi connectivity index (χ1n) is 8.76. The standard InChI is InChI=1S/C21H27NO3/c1-17-7-9-18(10-8-17)5-3-4-6-21(23)22-15-16-25-20-13-11-19(24-2)12-14-20/h7-14H,3-6,15-16H2,1-2H3,(H,22,23). The summed E-state index contributed by atoms with van der Waals surface area (Å²) in [7, 11) is 1.63. The molecular weight excluding hydrogens is 314 g/mol. The molecule has 1 amide bonds. The second kappa shape index (κ2) is 10.4. The maximum absolute atomic E-state index is 11.8. The zero-order chi connectivity index (χ0) is 17.9. The normalized spacial score (nSPS) is 10.3. The van der Waals surface area contributed by atoms with Gasteiger partial charge in [-0.25, -0.2) is 0 Å². The summed E-state index contributed by atoms with van der Waals surface area (Å²) in [6.45, 7) is 3.07. The van der Waals surface area contributed by atoms with Crippen molar-refractivity contribution in [2.75, 3.05) is 20.3 Å². The van der Waals surface area contributed by atoms with Crippen molar-refractivity contribution in [3.8, 4) is 11.5 Å². The zero-order valence-corrected chi connectivity index (χ0v) is 15.1. The van der Waals surface area contributed by atoms with Crippen molar-refractivity contribution in [2.45, 2.75) is 32.6 Å². The number of carbonyl (C=O) groups is 1. The van der Waals surface area contributed by atoms with Gasteiger partial charge in [0.25, 0.3) is 0 Å². The van der Waals surface area contributed by atoms with E-state index in [1.807, 2.05) is 24.3 Å². The number of aryl methyl sites for hydroxylation is 2. The van der Waals surface area contributed by atoms with Gasteiger partial charge in [0.2, 0.25) is 5.91 Å². The fraction of sp³-hybridized carbons (Fsp3) is 0.381. The summed E-state index contributed by atoms with van der Waals surface area (Å²) in [4.78, 5) is 11.8. The highest BCUT2D eigenvalue weighted by Crippen LogP contribution is 2.16. The number of benzene rings is 2. The number of amides is 1. The van der Waals surface area contributed by atoms with Crippen LogP contribution in [0.25, 0.3) is 0 Å². The molecule has 2 aromatic carbocycles. The van der Waals surface area contributed by atoms with Gasteiger partial charge in [0.15, 0.2) is 0 Å². The van der Waals surface area contributed by atoms with E-state index in [9.17, 15) is 4.79 Å². The largest absolute Gasteiger partial charge is 0.497 e. The van der Waals surface area contributed by atoms with Crippen molar-refractivity contribution < 1.29 is 14.3 Å². The molecule has 0 heterocycles. The van der Waals surface area contributed by atoms with Crippen LogP contribution in [0, 0.1) is 6.92 Å². The topological polar surface area (TPSA) is 47.6 Å². The van der Waals surface area contributed by atoms with Crippen LogP contribution in [-0.4, -0.2) is 26.2 Å². The lowest BCUT2D eigenvalue weighted by Crippen LogP contribution is -2.27. The Morgan fingerprint density at radius 1 is 0.960 bits per heavy atom. The summed E-state index contributed by atoms with van der Waals surface area (Å²) in [6.07, 6.45) is 3.51. The first-order chi connectivity index (χ1) is 12.2. The van der Waals surface area contributed by atoms with E-state index in [1.165, 1.54) is 11.1 Å². The van der Waals surface area contributed by atoms with E-state index in [4.69, 9.17) is 9.47 Å². The van der Waals surface area contributed by atoms with Crippen LogP contribution in [0.2, 0.25) is 0 Å². The van der Waals surface area contributed by atoms with Crippen LogP contribution in [0.5, 0.6) is 11.5 Å². The molecule has 0 fully saturated rings. The maximum Gasteiger partial charge on any atom is 0.220 e. The molecule has 0 aromatic heterocycles. The Labute approximate surface area is 150 Å². The van der Waals surface area contributed by atoms with Crippen LogP contribution in [-0.2, 0) is 11.2 Å². The summed E-state index contributed by atoms with van der Waals surface area (Å²) < 4.78 is 10.7. The predicted molar refractivity (Wildman–Crippen MR) is 100 cm³/mol. The van der Waals surface area contributed by atoms with E-state index >= 15 is 0 Å². The molecule has 0 radical (unpaired) electrons. The smallest absolute Gasteiger partial charge is 0.220 e. The third-order valence-corrected chi connectivity index (χ3v) is 3.99. The van der Waals surface area contributed by atoms with Crippen molar-refractivity contribution in [2.24, 2.45) is 0 Å². The Balaban J connectivity index is 1.52. The molecule has 0 atom stereocenters. The molecule has 2 aromatic rings. The molecule has 0 spiro atoms. The van der Waals surface area contributed by atoms with Crippen LogP contribution in [0.15, 0.2) is 48.5 Å². The van der Waals surface area contributed by atoms with Crippen LogP contribution in [0.4, 0.5) is 0 Å². The third-order valence-electron chi connectivity index (χ3n) is 3.99. The second-order valence-corrected chi connectivity index (χ2v) is 6.07. The minimum absolute atomic E-state index is 0.0854. The molecule has 4 nitrogen and oxygen atoms in total. The summed E-state index contributed by atoms with van der Waals surface area (Å²) in [5, 5.41) is 2.89. The van der Waals surface area contributed by atoms with E-state index in [2.05, 4.69) is 36.5 Å². The number of ether oxygens (including phenoxy) is 2. The molecule has 0 unspecified atom stereocenters. The highest BCUT2D eigenvalue weighted by molar-refractivity contribution is 5.75. The zero-order valence-electron chi connectivity index (χ0n) is 15.1. The molecule has 0 aliphatic rings. The average molecular weight is 341 g/mol. The molecule has 134 valence electrons. The molecular formula is C21H27NO3. The van der Waals surface area contributed by atoms with Gasteiger partial charge >= 0.3 is 0 Å². The van der Waals surface area contributed by atoms with E-state index in [0.717, 1.165) is 30.8 Å². The lowest BCUT2D eigenvalue weighted by Gasteiger charge is -2.08. The monoisotopic (exact) mass is 341 g/mol.